The summed E-state index contributed by atoms with van der Waals surface area (Å²) >= 11 is 15.3. The van der Waals surface area contributed by atoms with Gasteiger partial charge in [-0.05, 0) is 40.2 Å². The molecule has 140 valence electrons. The maximum Gasteiger partial charge on any atom is 0.335 e. The molecule has 4 amide bonds. The number of carbonyl (C=O) groups is 3. The van der Waals surface area contributed by atoms with Crippen LogP contribution in [0.15, 0.2) is 38.7 Å². The lowest BCUT2D eigenvalue weighted by atomic mass is 10.1. The third-order valence-electron chi connectivity index (χ3n) is 3.63. The van der Waals surface area contributed by atoms with Crippen LogP contribution in [0.1, 0.15) is 5.76 Å². The van der Waals surface area contributed by atoms with Crippen molar-refractivity contribution in [1.29, 1.82) is 0 Å². The van der Waals surface area contributed by atoms with E-state index in [-0.39, 0.29) is 22.0 Å². The number of anilines is 2. The van der Waals surface area contributed by atoms with Crippen LogP contribution < -0.4 is 15.1 Å². The van der Waals surface area contributed by atoms with Gasteiger partial charge in [-0.2, -0.15) is 0 Å². The zero-order valence-electron chi connectivity index (χ0n) is 14.0. The third kappa shape index (κ3) is 3.73. The number of benzene rings is 1. The highest BCUT2D eigenvalue weighted by Gasteiger charge is 2.38. The molecule has 10 heteroatoms. The standard InChI is InChI=1S/C17H12BrCl2N3O4/c1-22(2)16-11(18)7-9(27-16)6-10-14(24)21-17(26)23(15(10)25)13-4-3-8(19)5-12(13)20/h3-7H,1-2H3,(H,21,24,26)/b10-6+. The van der Waals surface area contributed by atoms with Crippen LogP contribution in [0.2, 0.25) is 10.0 Å². The fraction of sp³-hybridized carbons (Fsp3) is 0.118. The van der Waals surface area contributed by atoms with Crippen molar-refractivity contribution >= 4 is 74.6 Å². The van der Waals surface area contributed by atoms with Crippen molar-refractivity contribution in [2.24, 2.45) is 0 Å². The highest BCUT2D eigenvalue weighted by atomic mass is 79.9. The molecule has 1 aliphatic heterocycles. The van der Waals surface area contributed by atoms with E-state index in [9.17, 15) is 14.4 Å². The Kier molecular flexibility index (Phi) is 5.32. The van der Waals surface area contributed by atoms with Gasteiger partial charge in [-0.25, -0.2) is 9.69 Å². The van der Waals surface area contributed by atoms with Gasteiger partial charge in [-0.3, -0.25) is 14.9 Å². The van der Waals surface area contributed by atoms with Crippen LogP contribution in [0.4, 0.5) is 16.4 Å². The number of hydrogen-bond donors (Lipinski definition) is 1. The number of barbiturate groups is 1. The number of hydrogen-bond acceptors (Lipinski definition) is 5. The lowest BCUT2D eigenvalue weighted by Gasteiger charge is -2.26. The summed E-state index contributed by atoms with van der Waals surface area (Å²) in [7, 11) is 3.56. The van der Waals surface area contributed by atoms with Crippen LogP contribution in [-0.4, -0.2) is 31.9 Å². The Morgan fingerprint density at radius 1 is 1.19 bits per heavy atom. The molecule has 1 aromatic heterocycles. The van der Waals surface area contributed by atoms with Crippen molar-refractivity contribution in [3.05, 3.63) is 50.1 Å². The van der Waals surface area contributed by atoms with Crippen molar-refractivity contribution in [2.75, 3.05) is 23.9 Å². The third-order valence-corrected chi connectivity index (χ3v) is 4.74. The highest BCUT2D eigenvalue weighted by Crippen LogP contribution is 2.33. The van der Waals surface area contributed by atoms with E-state index >= 15 is 0 Å². The van der Waals surface area contributed by atoms with E-state index < -0.39 is 17.8 Å². The van der Waals surface area contributed by atoms with Gasteiger partial charge in [0.2, 0.25) is 5.88 Å². The van der Waals surface area contributed by atoms with Crippen molar-refractivity contribution in [1.82, 2.24) is 5.32 Å². The second kappa shape index (κ2) is 7.38. The number of furan rings is 1. The van der Waals surface area contributed by atoms with Gasteiger partial charge in [0.15, 0.2) is 0 Å². The second-order valence-electron chi connectivity index (χ2n) is 5.75. The lowest BCUT2D eigenvalue weighted by molar-refractivity contribution is -0.122. The summed E-state index contributed by atoms with van der Waals surface area (Å²) in [5, 5.41) is 2.56. The lowest BCUT2D eigenvalue weighted by Crippen LogP contribution is -2.54. The van der Waals surface area contributed by atoms with Crippen molar-refractivity contribution in [3.8, 4) is 0 Å². The minimum Gasteiger partial charge on any atom is -0.440 e. The summed E-state index contributed by atoms with van der Waals surface area (Å²) in [6, 6.07) is 5.00. The maximum absolute atomic E-state index is 12.8. The SMILES string of the molecule is CN(C)c1oc(/C=C2\C(=O)NC(=O)N(c3ccc(Cl)cc3Cl)C2=O)cc1Br. The molecule has 0 atom stereocenters. The van der Waals surface area contributed by atoms with Crippen LogP contribution in [0.25, 0.3) is 6.08 Å². The Morgan fingerprint density at radius 3 is 2.48 bits per heavy atom. The van der Waals surface area contributed by atoms with E-state index in [4.69, 9.17) is 27.6 Å². The molecule has 0 saturated carbocycles. The fourth-order valence-electron chi connectivity index (χ4n) is 2.43. The van der Waals surface area contributed by atoms with Crippen molar-refractivity contribution in [3.63, 3.8) is 0 Å². The largest absolute Gasteiger partial charge is 0.440 e. The first kappa shape index (κ1) is 19.5. The van der Waals surface area contributed by atoms with Gasteiger partial charge in [0.1, 0.15) is 11.3 Å². The van der Waals surface area contributed by atoms with E-state index in [0.29, 0.717) is 15.4 Å². The van der Waals surface area contributed by atoms with E-state index in [1.54, 1.807) is 25.1 Å². The van der Waals surface area contributed by atoms with Crippen LogP contribution in [0.5, 0.6) is 0 Å². The second-order valence-corrected chi connectivity index (χ2v) is 7.45. The highest BCUT2D eigenvalue weighted by molar-refractivity contribution is 9.10. The monoisotopic (exact) mass is 471 g/mol. The minimum atomic E-state index is -0.902. The number of imide groups is 2. The predicted molar refractivity (Wildman–Crippen MR) is 106 cm³/mol. The Balaban J connectivity index is 2.03. The Bertz CT molecular complexity index is 1000. The van der Waals surface area contributed by atoms with Crippen LogP contribution in [0.3, 0.4) is 0 Å². The normalized spacial score (nSPS) is 16.1. The van der Waals surface area contributed by atoms with Crippen LogP contribution in [0, 0.1) is 0 Å². The molecule has 1 saturated heterocycles. The van der Waals surface area contributed by atoms with E-state index in [2.05, 4.69) is 21.2 Å². The quantitative estimate of drug-likeness (QED) is 0.537. The van der Waals surface area contributed by atoms with E-state index in [1.165, 1.54) is 24.3 Å². The van der Waals surface area contributed by atoms with Gasteiger partial charge in [-0.15, -0.1) is 0 Å². The molecule has 1 aromatic carbocycles. The molecule has 0 aliphatic carbocycles. The molecule has 3 rings (SSSR count). The first-order chi connectivity index (χ1) is 12.7. The molecule has 0 unspecified atom stereocenters. The molecule has 2 aromatic rings. The van der Waals surface area contributed by atoms with Crippen LogP contribution >= 0.6 is 39.1 Å². The molecule has 2 heterocycles. The molecule has 0 radical (unpaired) electrons. The smallest absolute Gasteiger partial charge is 0.335 e. The van der Waals surface area contributed by atoms with Gasteiger partial charge in [0, 0.05) is 25.2 Å². The molecule has 27 heavy (non-hydrogen) atoms. The molecule has 1 fully saturated rings. The number of nitrogens with zero attached hydrogens (tertiary/aromatic N) is 2. The summed E-state index contributed by atoms with van der Waals surface area (Å²) in [6.07, 6.45) is 1.26. The van der Waals surface area contributed by atoms with Crippen LogP contribution in [-0.2, 0) is 9.59 Å². The number of nitrogens with one attached hydrogen (secondary N) is 1. The van der Waals surface area contributed by atoms with Gasteiger partial charge >= 0.3 is 6.03 Å². The molecule has 1 aliphatic rings. The summed E-state index contributed by atoms with van der Waals surface area (Å²) in [5.41, 5.74) is -0.163. The summed E-state index contributed by atoms with van der Waals surface area (Å²) < 4.78 is 6.26. The molecule has 0 spiro atoms. The van der Waals surface area contributed by atoms with E-state index in [1.807, 2.05) is 0 Å². The fourth-order valence-corrected chi connectivity index (χ4v) is 3.59. The first-order valence-electron chi connectivity index (χ1n) is 7.52. The van der Waals surface area contributed by atoms with Gasteiger partial charge in [0.05, 0.1) is 15.2 Å². The summed E-state index contributed by atoms with van der Waals surface area (Å²) in [6.45, 7) is 0. The van der Waals surface area contributed by atoms with Gasteiger partial charge in [0.25, 0.3) is 11.8 Å². The van der Waals surface area contributed by atoms with Gasteiger partial charge < -0.3 is 9.32 Å². The minimum absolute atomic E-state index is 0.0929. The van der Waals surface area contributed by atoms with Crippen molar-refractivity contribution in [2.45, 2.75) is 0 Å². The van der Waals surface area contributed by atoms with Crippen molar-refractivity contribution < 1.29 is 18.8 Å². The first-order valence-corrected chi connectivity index (χ1v) is 9.07. The predicted octanol–water partition coefficient (Wildman–Crippen LogP) is 4.08. The number of urea groups is 1. The molecule has 7 nitrogen and oxygen atoms in total. The zero-order valence-corrected chi connectivity index (χ0v) is 17.1. The van der Waals surface area contributed by atoms with Gasteiger partial charge in [-0.1, -0.05) is 23.2 Å². The average molecular weight is 473 g/mol. The molecule has 1 N–H and O–H groups in total. The molecular formula is C17H12BrCl2N3O4. The number of amides is 4. The maximum atomic E-state index is 12.8. The molecule has 0 bridgehead atoms. The average Bonchev–Trinajstić information content (AvgIpc) is 2.94. The summed E-state index contributed by atoms with van der Waals surface area (Å²) in [4.78, 5) is 39.7. The Hall–Kier alpha value is -2.29. The Labute approximate surface area is 172 Å². The zero-order chi connectivity index (χ0) is 19.9. The Morgan fingerprint density at radius 2 is 1.89 bits per heavy atom. The number of rotatable bonds is 3. The number of halogens is 3. The number of carbonyl (C=O) groups excluding carboxylic acids is 3. The topological polar surface area (TPSA) is 82.9 Å². The van der Waals surface area contributed by atoms with E-state index in [0.717, 1.165) is 4.90 Å². The molecular weight excluding hydrogens is 461 g/mol. The summed E-state index contributed by atoms with van der Waals surface area (Å²) in [5.74, 6) is -0.878.